The van der Waals surface area contributed by atoms with Gasteiger partial charge >= 0.3 is 12.4 Å². The number of hydrogen-bond acceptors (Lipinski definition) is 4. The van der Waals surface area contributed by atoms with Crippen LogP contribution in [0.1, 0.15) is 33.5 Å². The molecule has 0 radical (unpaired) electrons. The van der Waals surface area contributed by atoms with Gasteiger partial charge in [0, 0.05) is 37.5 Å². The van der Waals surface area contributed by atoms with Crippen LogP contribution in [0.5, 0.6) is 0 Å². The molecule has 0 saturated heterocycles. The second-order valence-corrected chi connectivity index (χ2v) is 9.09. The van der Waals surface area contributed by atoms with E-state index in [9.17, 15) is 35.9 Å². The van der Waals surface area contributed by atoms with Crippen molar-refractivity contribution in [1.82, 2.24) is 14.9 Å². The first-order valence-corrected chi connectivity index (χ1v) is 11.9. The maximum absolute atomic E-state index is 13.4. The zero-order chi connectivity index (χ0) is 29.1. The topological polar surface area (TPSA) is 75.2 Å². The second-order valence-electron chi connectivity index (χ2n) is 9.09. The van der Waals surface area contributed by atoms with Gasteiger partial charge in [-0.25, -0.2) is 4.98 Å². The van der Waals surface area contributed by atoms with E-state index in [2.05, 4.69) is 15.3 Å². The number of likely N-dealkylation sites (N-methyl/N-ethyl adjacent to an activating group) is 1. The normalized spacial score (nSPS) is 12.7. The molecule has 40 heavy (non-hydrogen) atoms. The fraction of sp³-hybridized carbons (Fsp3) is 0.214. The molecule has 0 fully saturated rings. The quantitative estimate of drug-likeness (QED) is 0.266. The van der Waals surface area contributed by atoms with Crippen molar-refractivity contribution in [2.45, 2.75) is 31.2 Å². The highest BCUT2D eigenvalue weighted by molar-refractivity contribution is 5.96. The number of hydrogen-bond donors (Lipinski definition) is 1. The van der Waals surface area contributed by atoms with E-state index in [-0.39, 0.29) is 24.7 Å². The lowest BCUT2D eigenvalue weighted by molar-refractivity contribution is -0.143. The van der Waals surface area contributed by atoms with Gasteiger partial charge in [0.05, 0.1) is 17.3 Å². The molecule has 0 bridgehead atoms. The minimum absolute atomic E-state index is 0.0440. The maximum Gasteiger partial charge on any atom is 0.416 e. The first-order valence-electron chi connectivity index (χ1n) is 11.9. The summed E-state index contributed by atoms with van der Waals surface area (Å²) < 4.78 is 80.4. The highest BCUT2D eigenvalue weighted by Gasteiger charge is 2.38. The zero-order valence-electron chi connectivity index (χ0n) is 20.9. The van der Waals surface area contributed by atoms with Crippen LogP contribution in [0.3, 0.4) is 0 Å². The fourth-order valence-electron chi connectivity index (χ4n) is 4.20. The molecular weight excluding hydrogens is 538 g/mol. The van der Waals surface area contributed by atoms with Crippen LogP contribution in [0, 0.1) is 0 Å². The largest absolute Gasteiger partial charge is 0.416 e. The highest BCUT2D eigenvalue weighted by Crippen LogP contribution is 2.36. The molecule has 3 aromatic carbocycles. The average molecular weight is 560 g/mol. The van der Waals surface area contributed by atoms with E-state index in [0.717, 1.165) is 15.7 Å². The molecular formula is C28H22F6N4O2. The van der Waals surface area contributed by atoms with Crippen molar-refractivity contribution < 1.29 is 35.9 Å². The first-order chi connectivity index (χ1) is 18.8. The molecule has 0 aliphatic rings. The van der Waals surface area contributed by atoms with Crippen molar-refractivity contribution in [2.24, 2.45) is 0 Å². The Morgan fingerprint density at radius 2 is 1.52 bits per heavy atom. The molecule has 4 rings (SSSR count). The average Bonchev–Trinajstić information content (AvgIpc) is 2.91. The number of alkyl halides is 6. The van der Waals surface area contributed by atoms with Crippen molar-refractivity contribution in [3.05, 3.63) is 102 Å². The van der Waals surface area contributed by atoms with Crippen molar-refractivity contribution in [3.8, 4) is 0 Å². The van der Waals surface area contributed by atoms with Crippen LogP contribution < -0.4 is 5.32 Å². The molecule has 6 nitrogen and oxygen atoms in total. The number of benzene rings is 3. The Morgan fingerprint density at radius 3 is 2.12 bits per heavy atom. The Morgan fingerprint density at radius 1 is 0.875 bits per heavy atom. The number of anilines is 1. The molecule has 208 valence electrons. The third-order valence-corrected chi connectivity index (χ3v) is 6.24. The van der Waals surface area contributed by atoms with Gasteiger partial charge in [0.2, 0.25) is 5.91 Å². The Bertz CT molecular complexity index is 1490. The Balaban J connectivity index is 1.67. The highest BCUT2D eigenvalue weighted by atomic mass is 19.4. The summed E-state index contributed by atoms with van der Waals surface area (Å²) in [4.78, 5) is 35.0. The molecule has 1 aromatic heterocycles. The number of carbonyl (C=O) groups excluding carboxylic acids is 2. The van der Waals surface area contributed by atoms with Gasteiger partial charge in [-0.1, -0.05) is 42.5 Å². The van der Waals surface area contributed by atoms with Crippen LogP contribution >= 0.6 is 0 Å². The maximum atomic E-state index is 13.4. The molecule has 0 aliphatic carbocycles. The van der Waals surface area contributed by atoms with Gasteiger partial charge < -0.3 is 10.2 Å². The number of nitrogens with one attached hydrogen (secondary N) is 1. The minimum atomic E-state index is -5.12. The van der Waals surface area contributed by atoms with E-state index in [1.807, 2.05) is 36.4 Å². The van der Waals surface area contributed by atoms with Crippen molar-refractivity contribution >= 4 is 28.4 Å². The van der Waals surface area contributed by atoms with Gasteiger partial charge in [-0.2, -0.15) is 26.3 Å². The van der Waals surface area contributed by atoms with E-state index < -0.39 is 46.9 Å². The SMILES string of the molecule is CN(C(=O)c1cc(C(F)(F)F)cc(C(F)(F)F)c1)C(CC(=O)Nc1cnccn1)Cc1ccc2ccccc2c1. The van der Waals surface area contributed by atoms with Gasteiger partial charge in [-0.05, 0) is 41.0 Å². The van der Waals surface area contributed by atoms with Crippen molar-refractivity contribution in [2.75, 3.05) is 12.4 Å². The zero-order valence-corrected chi connectivity index (χ0v) is 20.9. The number of amides is 2. The van der Waals surface area contributed by atoms with Gasteiger partial charge in [-0.3, -0.25) is 14.6 Å². The summed E-state index contributed by atoms with van der Waals surface area (Å²) in [5, 5.41) is 4.35. The molecule has 4 aromatic rings. The van der Waals surface area contributed by atoms with Crippen LogP contribution in [0.2, 0.25) is 0 Å². The number of halogens is 6. The summed E-state index contributed by atoms with van der Waals surface area (Å²) in [7, 11) is 1.23. The van der Waals surface area contributed by atoms with E-state index in [1.165, 1.54) is 25.6 Å². The fourth-order valence-corrected chi connectivity index (χ4v) is 4.20. The van der Waals surface area contributed by atoms with E-state index in [1.54, 1.807) is 6.07 Å². The molecule has 1 unspecified atom stereocenters. The Kier molecular flexibility index (Phi) is 8.08. The summed E-state index contributed by atoms with van der Waals surface area (Å²) in [6.45, 7) is 0. The predicted molar refractivity (Wildman–Crippen MR) is 135 cm³/mol. The summed E-state index contributed by atoms with van der Waals surface area (Å²) in [5.41, 5.74) is -3.31. The van der Waals surface area contributed by atoms with E-state index in [0.29, 0.717) is 17.7 Å². The first kappa shape index (κ1) is 28.5. The molecule has 12 heteroatoms. The number of rotatable bonds is 7. The summed E-state index contributed by atoms with van der Waals surface area (Å²) in [6, 6.07) is 12.7. The minimum Gasteiger partial charge on any atom is -0.338 e. The van der Waals surface area contributed by atoms with Gasteiger partial charge in [0.15, 0.2) is 5.82 Å². The van der Waals surface area contributed by atoms with Gasteiger partial charge in [0.25, 0.3) is 5.91 Å². The third-order valence-electron chi connectivity index (χ3n) is 6.24. The van der Waals surface area contributed by atoms with Crippen molar-refractivity contribution in [3.63, 3.8) is 0 Å². The second kappa shape index (κ2) is 11.3. The third kappa shape index (κ3) is 6.93. The predicted octanol–water partition coefficient (Wildman–Crippen LogP) is 6.38. The van der Waals surface area contributed by atoms with Gasteiger partial charge in [-0.15, -0.1) is 0 Å². The summed E-state index contributed by atoms with van der Waals surface area (Å²) in [6.07, 6.45) is -6.42. The molecule has 0 spiro atoms. The molecule has 0 saturated carbocycles. The van der Waals surface area contributed by atoms with E-state index in [4.69, 9.17) is 0 Å². The monoisotopic (exact) mass is 560 g/mol. The number of fused-ring (bicyclic) bond motifs is 1. The Labute approximate surface area is 224 Å². The van der Waals surface area contributed by atoms with Crippen LogP contribution in [0.15, 0.2) is 79.3 Å². The lowest BCUT2D eigenvalue weighted by Crippen LogP contribution is -2.41. The lowest BCUT2D eigenvalue weighted by atomic mass is 9.97. The summed E-state index contributed by atoms with van der Waals surface area (Å²) in [5.74, 6) is -1.54. The molecule has 1 N–H and O–H groups in total. The smallest absolute Gasteiger partial charge is 0.338 e. The van der Waals surface area contributed by atoms with Crippen LogP contribution in [0.4, 0.5) is 32.2 Å². The summed E-state index contributed by atoms with van der Waals surface area (Å²) >= 11 is 0. The van der Waals surface area contributed by atoms with Crippen molar-refractivity contribution in [1.29, 1.82) is 0 Å². The molecule has 0 aliphatic heterocycles. The standard InChI is InChI=1S/C28H22F6N4O2/c1-38(26(40)20-12-21(27(29,30)31)14-22(13-20)28(32,33)34)23(15-25(39)37-24-16-35-8-9-36-24)11-17-6-7-18-4-2-3-5-19(18)10-17/h2-10,12-14,16,23H,11,15H2,1H3,(H,36,37,39). The molecule has 2 amide bonds. The lowest BCUT2D eigenvalue weighted by Gasteiger charge is -2.29. The van der Waals surface area contributed by atoms with Crippen LogP contribution in [0.25, 0.3) is 10.8 Å². The Hall–Kier alpha value is -4.48. The van der Waals surface area contributed by atoms with Crippen LogP contribution in [-0.2, 0) is 23.6 Å². The van der Waals surface area contributed by atoms with Crippen LogP contribution in [-0.4, -0.2) is 39.8 Å². The number of carbonyl (C=O) groups is 2. The molecule has 1 heterocycles. The van der Waals surface area contributed by atoms with E-state index >= 15 is 0 Å². The molecule has 1 atom stereocenters. The number of nitrogens with zero attached hydrogens (tertiary/aromatic N) is 3. The number of aromatic nitrogens is 2. The van der Waals surface area contributed by atoms with Gasteiger partial charge in [0.1, 0.15) is 0 Å².